The Morgan fingerprint density at radius 1 is 1.33 bits per heavy atom. The minimum Gasteiger partial charge on any atom is -0.494 e. The van der Waals surface area contributed by atoms with Crippen LogP contribution in [0.1, 0.15) is 36.9 Å². The molecular weight excluding hydrogens is 224 g/mol. The second-order valence-electron chi connectivity index (χ2n) is 5.15. The van der Waals surface area contributed by atoms with Crippen LogP contribution >= 0.6 is 0 Å². The number of ether oxygens (including phenoxy) is 1. The lowest BCUT2D eigenvalue weighted by atomic mass is 9.94. The molecule has 2 aliphatic rings. The minimum atomic E-state index is 0.499. The number of benzene rings is 1. The third-order valence-electron chi connectivity index (χ3n) is 4.02. The molecule has 18 heavy (non-hydrogen) atoms. The number of nitrogens with one attached hydrogen (secondary N) is 1. The van der Waals surface area contributed by atoms with Crippen molar-refractivity contribution in [3.8, 4) is 5.75 Å². The highest BCUT2D eigenvalue weighted by molar-refractivity contribution is 5.44. The summed E-state index contributed by atoms with van der Waals surface area (Å²) in [6.07, 6.45) is 2.67. The van der Waals surface area contributed by atoms with Crippen molar-refractivity contribution in [2.75, 3.05) is 26.2 Å². The van der Waals surface area contributed by atoms with Gasteiger partial charge in [0.15, 0.2) is 0 Å². The Morgan fingerprint density at radius 3 is 2.94 bits per heavy atom. The third-order valence-corrected chi connectivity index (χ3v) is 4.02. The van der Waals surface area contributed by atoms with E-state index in [1.54, 1.807) is 0 Å². The predicted octanol–water partition coefficient (Wildman–Crippen LogP) is 2.33. The number of rotatable bonds is 3. The Balaban J connectivity index is 1.96. The van der Waals surface area contributed by atoms with Crippen LogP contribution in [0, 0.1) is 0 Å². The summed E-state index contributed by atoms with van der Waals surface area (Å²) in [7, 11) is 0. The molecule has 2 aliphatic heterocycles. The molecule has 3 heteroatoms. The first-order valence-corrected chi connectivity index (χ1v) is 7.09. The molecule has 0 aliphatic carbocycles. The molecule has 1 fully saturated rings. The molecule has 1 atom stereocenters. The first-order chi connectivity index (χ1) is 8.90. The Labute approximate surface area is 109 Å². The smallest absolute Gasteiger partial charge is 0.124 e. The highest BCUT2D eigenvalue weighted by Gasteiger charge is 2.30. The second-order valence-corrected chi connectivity index (χ2v) is 5.15. The molecule has 98 valence electrons. The lowest BCUT2D eigenvalue weighted by Crippen LogP contribution is -2.38. The van der Waals surface area contributed by atoms with Gasteiger partial charge in [-0.05, 0) is 44.5 Å². The molecule has 0 aromatic heterocycles. The maximum atomic E-state index is 5.84. The van der Waals surface area contributed by atoms with Crippen LogP contribution in [0.3, 0.4) is 0 Å². The molecule has 1 saturated heterocycles. The highest BCUT2D eigenvalue weighted by Crippen LogP contribution is 2.36. The largest absolute Gasteiger partial charge is 0.494 e. The molecular formula is C15H22N2O. The van der Waals surface area contributed by atoms with E-state index in [0.29, 0.717) is 6.04 Å². The number of fused-ring (bicyclic) bond motifs is 1. The standard InChI is InChI=1S/C15H22N2O/c1-2-18-14-7-5-6-12-10-16-11-13(15(12)14)17-8-3-4-9-17/h5-7,13,16H,2-4,8-11H2,1H3/t13-/m1/s1. The summed E-state index contributed by atoms with van der Waals surface area (Å²) in [6.45, 7) is 7.29. The first kappa shape index (κ1) is 12.0. The fraction of sp³-hybridized carbons (Fsp3) is 0.600. The van der Waals surface area contributed by atoms with Gasteiger partial charge in [-0.25, -0.2) is 0 Å². The summed E-state index contributed by atoms with van der Waals surface area (Å²) in [4.78, 5) is 2.60. The number of nitrogens with zero attached hydrogens (tertiary/aromatic N) is 1. The zero-order valence-corrected chi connectivity index (χ0v) is 11.1. The third kappa shape index (κ3) is 2.13. The van der Waals surface area contributed by atoms with Gasteiger partial charge in [0.1, 0.15) is 5.75 Å². The fourth-order valence-corrected chi connectivity index (χ4v) is 3.21. The molecule has 3 rings (SSSR count). The van der Waals surface area contributed by atoms with Crippen molar-refractivity contribution in [1.82, 2.24) is 10.2 Å². The van der Waals surface area contributed by atoms with E-state index in [4.69, 9.17) is 4.74 Å². The normalized spacial score (nSPS) is 23.9. The lowest BCUT2D eigenvalue weighted by molar-refractivity contribution is 0.219. The summed E-state index contributed by atoms with van der Waals surface area (Å²) in [5, 5.41) is 3.54. The number of hydrogen-bond acceptors (Lipinski definition) is 3. The Kier molecular flexibility index (Phi) is 3.52. The molecule has 1 N–H and O–H groups in total. The zero-order valence-electron chi connectivity index (χ0n) is 11.1. The van der Waals surface area contributed by atoms with Crippen LogP contribution in [0.2, 0.25) is 0 Å². The van der Waals surface area contributed by atoms with E-state index in [9.17, 15) is 0 Å². The van der Waals surface area contributed by atoms with Gasteiger partial charge >= 0.3 is 0 Å². The van der Waals surface area contributed by atoms with Gasteiger partial charge in [-0.15, -0.1) is 0 Å². The van der Waals surface area contributed by atoms with E-state index in [0.717, 1.165) is 25.4 Å². The van der Waals surface area contributed by atoms with Crippen LogP contribution in [0.15, 0.2) is 18.2 Å². The molecule has 0 unspecified atom stereocenters. The van der Waals surface area contributed by atoms with Crippen molar-refractivity contribution < 1.29 is 4.74 Å². The van der Waals surface area contributed by atoms with Gasteiger partial charge in [-0.2, -0.15) is 0 Å². The van der Waals surface area contributed by atoms with Crippen LogP contribution in [0.4, 0.5) is 0 Å². The van der Waals surface area contributed by atoms with Gasteiger partial charge in [0.2, 0.25) is 0 Å². The van der Waals surface area contributed by atoms with E-state index >= 15 is 0 Å². The maximum Gasteiger partial charge on any atom is 0.124 e. The van der Waals surface area contributed by atoms with E-state index in [-0.39, 0.29) is 0 Å². The monoisotopic (exact) mass is 246 g/mol. The van der Waals surface area contributed by atoms with Gasteiger partial charge in [-0.3, -0.25) is 4.90 Å². The quantitative estimate of drug-likeness (QED) is 0.886. The fourth-order valence-electron chi connectivity index (χ4n) is 3.21. The molecule has 1 aromatic carbocycles. The average Bonchev–Trinajstić information content (AvgIpc) is 2.92. The van der Waals surface area contributed by atoms with E-state index in [2.05, 4.69) is 35.3 Å². The van der Waals surface area contributed by atoms with E-state index in [1.165, 1.54) is 37.1 Å². The van der Waals surface area contributed by atoms with Crippen LogP contribution in [0.5, 0.6) is 5.75 Å². The summed E-state index contributed by atoms with van der Waals surface area (Å²) in [5.41, 5.74) is 2.84. The van der Waals surface area contributed by atoms with Crippen LogP contribution in [-0.4, -0.2) is 31.1 Å². The molecule has 0 radical (unpaired) electrons. The molecule has 0 spiro atoms. The van der Waals surface area contributed by atoms with Crippen molar-refractivity contribution in [1.29, 1.82) is 0 Å². The Bertz CT molecular complexity index is 413. The summed E-state index contributed by atoms with van der Waals surface area (Å²) in [5.74, 6) is 1.09. The van der Waals surface area contributed by atoms with Crippen molar-refractivity contribution in [2.45, 2.75) is 32.4 Å². The summed E-state index contributed by atoms with van der Waals surface area (Å²) in [6, 6.07) is 6.96. The first-order valence-electron chi connectivity index (χ1n) is 7.09. The van der Waals surface area contributed by atoms with Crippen LogP contribution < -0.4 is 10.1 Å². The number of hydrogen-bond donors (Lipinski definition) is 1. The molecule has 0 saturated carbocycles. The molecule has 1 aromatic rings. The Hall–Kier alpha value is -1.06. The second kappa shape index (κ2) is 5.29. The van der Waals surface area contributed by atoms with Gasteiger partial charge in [0, 0.05) is 18.7 Å². The van der Waals surface area contributed by atoms with Crippen LogP contribution in [0.25, 0.3) is 0 Å². The average molecular weight is 246 g/mol. The van der Waals surface area contributed by atoms with Crippen molar-refractivity contribution >= 4 is 0 Å². The van der Waals surface area contributed by atoms with Gasteiger partial charge in [-0.1, -0.05) is 12.1 Å². The summed E-state index contributed by atoms with van der Waals surface area (Å²) < 4.78 is 5.84. The van der Waals surface area contributed by atoms with Gasteiger partial charge in [0.25, 0.3) is 0 Å². The predicted molar refractivity (Wildman–Crippen MR) is 72.9 cm³/mol. The van der Waals surface area contributed by atoms with Gasteiger partial charge in [0.05, 0.1) is 12.6 Å². The molecule has 2 heterocycles. The highest BCUT2D eigenvalue weighted by atomic mass is 16.5. The Morgan fingerprint density at radius 2 is 2.17 bits per heavy atom. The topological polar surface area (TPSA) is 24.5 Å². The SMILES string of the molecule is CCOc1cccc2c1[C@H](N1CCCC1)CNC2. The van der Waals surface area contributed by atoms with Crippen molar-refractivity contribution in [3.63, 3.8) is 0 Å². The maximum absolute atomic E-state index is 5.84. The summed E-state index contributed by atoms with van der Waals surface area (Å²) >= 11 is 0. The van der Waals surface area contributed by atoms with E-state index < -0.39 is 0 Å². The molecule has 0 bridgehead atoms. The van der Waals surface area contributed by atoms with Crippen molar-refractivity contribution in [3.05, 3.63) is 29.3 Å². The van der Waals surface area contributed by atoms with Gasteiger partial charge < -0.3 is 10.1 Å². The van der Waals surface area contributed by atoms with E-state index in [1.807, 2.05) is 0 Å². The molecule has 3 nitrogen and oxygen atoms in total. The zero-order chi connectivity index (χ0) is 12.4. The van der Waals surface area contributed by atoms with Crippen molar-refractivity contribution in [2.24, 2.45) is 0 Å². The molecule has 0 amide bonds. The van der Waals surface area contributed by atoms with Crippen LogP contribution in [-0.2, 0) is 6.54 Å². The number of likely N-dealkylation sites (tertiary alicyclic amines) is 1. The lowest BCUT2D eigenvalue weighted by Gasteiger charge is -2.34. The minimum absolute atomic E-state index is 0.499.